The van der Waals surface area contributed by atoms with Gasteiger partial charge in [0.1, 0.15) is 5.75 Å². The molecule has 4 nitrogen and oxygen atoms in total. The number of H-pyrrole nitrogens is 1. The number of hydrogen-bond acceptors (Lipinski definition) is 3. The molecule has 0 aliphatic rings. The van der Waals surface area contributed by atoms with Crippen LogP contribution in [0.3, 0.4) is 0 Å². The van der Waals surface area contributed by atoms with E-state index >= 15 is 0 Å². The third-order valence-electron chi connectivity index (χ3n) is 4.29. The quantitative estimate of drug-likeness (QED) is 0.670. The Bertz CT molecular complexity index is 858. The van der Waals surface area contributed by atoms with Gasteiger partial charge >= 0.3 is 0 Å². The number of ether oxygens (including phenoxy) is 2. The topological polar surface area (TPSA) is 60.3 Å². The Balaban J connectivity index is 1.74. The Morgan fingerprint density at radius 1 is 1.04 bits per heavy atom. The van der Waals surface area contributed by atoms with Crippen molar-refractivity contribution >= 4 is 16.6 Å². The maximum Gasteiger partial charge on any atom is 0.177 e. The molecule has 0 aliphatic carbocycles. The smallest absolute Gasteiger partial charge is 0.177 e. The largest absolute Gasteiger partial charge is 0.495 e. The summed E-state index contributed by atoms with van der Waals surface area (Å²) in [4.78, 5) is 3.26. The zero-order valence-corrected chi connectivity index (χ0v) is 13.9. The summed E-state index contributed by atoms with van der Waals surface area (Å²) in [5.74, 6) is 0.593. The van der Waals surface area contributed by atoms with E-state index in [9.17, 15) is 4.39 Å². The number of para-hydroxylation sites is 1. The summed E-state index contributed by atoms with van der Waals surface area (Å²) in [6.45, 7) is 0. The van der Waals surface area contributed by atoms with E-state index in [1.807, 2.05) is 18.3 Å². The number of aromatic nitrogens is 1. The van der Waals surface area contributed by atoms with Gasteiger partial charge in [0, 0.05) is 11.6 Å². The average molecular weight is 328 g/mol. The standard InChI is InChI=1S/C19H21FN2O2/c1-23-16-8-4-7-14-13(11-22-18(14)16)6-3-5-12-9-10-15(21)19(24-2)17(12)20/h4,7-11,22H,3,5-6,21H2,1-2H3. The monoisotopic (exact) mass is 328 g/mol. The van der Waals surface area contributed by atoms with Gasteiger partial charge in [0.2, 0.25) is 0 Å². The van der Waals surface area contributed by atoms with Crippen molar-refractivity contribution in [3.05, 3.63) is 53.5 Å². The normalized spacial score (nSPS) is 11.0. The molecule has 0 radical (unpaired) electrons. The molecule has 1 aromatic heterocycles. The fourth-order valence-corrected chi connectivity index (χ4v) is 3.04. The van der Waals surface area contributed by atoms with Crippen molar-refractivity contribution in [3.63, 3.8) is 0 Å². The summed E-state index contributed by atoms with van der Waals surface area (Å²) in [6.07, 6.45) is 4.29. The lowest BCUT2D eigenvalue weighted by molar-refractivity contribution is 0.386. The second-order valence-corrected chi connectivity index (χ2v) is 5.71. The van der Waals surface area contributed by atoms with E-state index in [1.54, 1.807) is 19.2 Å². The second kappa shape index (κ2) is 6.83. The van der Waals surface area contributed by atoms with Crippen molar-refractivity contribution in [2.45, 2.75) is 19.3 Å². The minimum Gasteiger partial charge on any atom is -0.495 e. The van der Waals surface area contributed by atoms with E-state index in [-0.39, 0.29) is 11.6 Å². The Labute approximate surface area is 140 Å². The van der Waals surface area contributed by atoms with Crippen molar-refractivity contribution < 1.29 is 13.9 Å². The molecule has 1 heterocycles. The maximum absolute atomic E-state index is 14.3. The van der Waals surface area contributed by atoms with Gasteiger partial charge in [-0.15, -0.1) is 0 Å². The first kappa shape index (κ1) is 16.2. The van der Waals surface area contributed by atoms with Crippen molar-refractivity contribution in [1.29, 1.82) is 0 Å². The first-order valence-electron chi connectivity index (χ1n) is 7.89. The first-order valence-corrected chi connectivity index (χ1v) is 7.89. The molecule has 24 heavy (non-hydrogen) atoms. The van der Waals surface area contributed by atoms with Crippen LogP contribution in [0.5, 0.6) is 11.5 Å². The molecule has 0 bridgehead atoms. The van der Waals surface area contributed by atoms with Crippen molar-refractivity contribution in [2.24, 2.45) is 0 Å². The zero-order valence-electron chi connectivity index (χ0n) is 13.9. The number of benzene rings is 2. The summed E-state index contributed by atoms with van der Waals surface area (Å²) in [7, 11) is 3.09. The van der Waals surface area contributed by atoms with E-state index in [0.29, 0.717) is 17.7 Å². The molecule has 3 aromatic rings. The third kappa shape index (κ3) is 2.89. The Hall–Kier alpha value is -2.69. The number of nitrogens with two attached hydrogens (primary N) is 1. The Morgan fingerprint density at radius 3 is 2.58 bits per heavy atom. The van der Waals surface area contributed by atoms with Crippen LogP contribution in [0.25, 0.3) is 10.9 Å². The van der Waals surface area contributed by atoms with Gasteiger partial charge in [0.05, 0.1) is 25.4 Å². The van der Waals surface area contributed by atoms with E-state index < -0.39 is 0 Å². The molecule has 5 heteroatoms. The molecule has 3 rings (SSSR count). The summed E-state index contributed by atoms with van der Waals surface area (Å²) in [5, 5.41) is 1.14. The number of methoxy groups -OCH3 is 2. The van der Waals surface area contributed by atoms with Crippen LogP contribution < -0.4 is 15.2 Å². The van der Waals surface area contributed by atoms with Gasteiger partial charge in [-0.05, 0) is 42.5 Å². The van der Waals surface area contributed by atoms with Crippen LogP contribution in [0.2, 0.25) is 0 Å². The molecule has 3 N–H and O–H groups in total. The van der Waals surface area contributed by atoms with Gasteiger partial charge in [0.25, 0.3) is 0 Å². The van der Waals surface area contributed by atoms with Gasteiger partial charge < -0.3 is 20.2 Å². The molecular weight excluding hydrogens is 307 g/mol. The minimum absolute atomic E-state index is 0.129. The molecule has 0 saturated carbocycles. The fourth-order valence-electron chi connectivity index (χ4n) is 3.04. The zero-order chi connectivity index (χ0) is 17.1. The highest BCUT2D eigenvalue weighted by molar-refractivity contribution is 5.88. The lowest BCUT2D eigenvalue weighted by atomic mass is 10.0. The molecule has 0 saturated heterocycles. The van der Waals surface area contributed by atoms with Gasteiger partial charge in [-0.1, -0.05) is 18.2 Å². The molecule has 0 unspecified atom stereocenters. The number of fused-ring (bicyclic) bond motifs is 1. The number of aryl methyl sites for hydroxylation is 2. The maximum atomic E-state index is 14.3. The van der Waals surface area contributed by atoms with E-state index in [0.717, 1.165) is 29.5 Å². The molecule has 0 fully saturated rings. The van der Waals surface area contributed by atoms with Crippen LogP contribution in [0.4, 0.5) is 10.1 Å². The Morgan fingerprint density at radius 2 is 1.83 bits per heavy atom. The number of halogens is 1. The first-order chi connectivity index (χ1) is 11.7. The fraction of sp³-hybridized carbons (Fsp3) is 0.263. The summed E-state index contributed by atoms with van der Waals surface area (Å²) in [6, 6.07) is 9.39. The third-order valence-corrected chi connectivity index (χ3v) is 4.29. The number of nitrogen functional groups attached to an aromatic ring is 1. The number of hydrogen-bond donors (Lipinski definition) is 2. The van der Waals surface area contributed by atoms with E-state index in [2.05, 4.69) is 11.1 Å². The molecule has 126 valence electrons. The van der Waals surface area contributed by atoms with Crippen LogP contribution in [0.15, 0.2) is 36.5 Å². The molecule has 0 aliphatic heterocycles. The number of nitrogens with one attached hydrogen (secondary N) is 1. The summed E-state index contributed by atoms with van der Waals surface area (Å²) in [5.41, 5.74) is 8.86. The molecule has 0 spiro atoms. The highest BCUT2D eigenvalue weighted by atomic mass is 19.1. The van der Waals surface area contributed by atoms with Crippen LogP contribution in [0.1, 0.15) is 17.5 Å². The van der Waals surface area contributed by atoms with Crippen molar-refractivity contribution in [1.82, 2.24) is 4.98 Å². The lowest BCUT2D eigenvalue weighted by Crippen LogP contribution is -2.00. The molecular formula is C19H21FN2O2. The van der Waals surface area contributed by atoms with Crippen molar-refractivity contribution in [3.8, 4) is 11.5 Å². The predicted molar refractivity (Wildman–Crippen MR) is 94.2 cm³/mol. The Kier molecular flexibility index (Phi) is 4.60. The van der Waals surface area contributed by atoms with Crippen molar-refractivity contribution in [2.75, 3.05) is 20.0 Å². The molecule has 0 atom stereocenters. The van der Waals surface area contributed by atoms with Gasteiger partial charge in [-0.25, -0.2) is 4.39 Å². The van der Waals surface area contributed by atoms with Crippen LogP contribution in [-0.2, 0) is 12.8 Å². The number of rotatable bonds is 6. The highest BCUT2D eigenvalue weighted by Gasteiger charge is 2.13. The number of aromatic amines is 1. The van der Waals surface area contributed by atoms with Gasteiger partial charge in [-0.2, -0.15) is 0 Å². The minimum atomic E-state index is -0.363. The summed E-state index contributed by atoms with van der Waals surface area (Å²) < 4.78 is 24.7. The van der Waals surface area contributed by atoms with Gasteiger partial charge in [0.15, 0.2) is 11.6 Å². The van der Waals surface area contributed by atoms with E-state index in [1.165, 1.54) is 12.7 Å². The molecule has 0 amide bonds. The lowest BCUT2D eigenvalue weighted by Gasteiger charge is -2.10. The van der Waals surface area contributed by atoms with Crippen LogP contribution in [-0.4, -0.2) is 19.2 Å². The SMILES string of the molecule is COc1c(N)ccc(CCCc2c[nH]c3c(OC)cccc23)c1F. The van der Waals surface area contributed by atoms with E-state index in [4.69, 9.17) is 15.2 Å². The molecule has 2 aromatic carbocycles. The predicted octanol–water partition coefficient (Wildman–Crippen LogP) is 4.08. The number of anilines is 1. The highest BCUT2D eigenvalue weighted by Crippen LogP contribution is 2.30. The summed E-state index contributed by atoms with van der Waals surface area (Å²) >= 11 is 0. The van der Waals surface area contributed by atoms with Gasteiger partial charge in [-0.3, -0.25) is 0 Å². The van der Waals surface area contributed by atoms with Crippen LogP contribution in [0, 0.1) is 5.82 Å². The second-order valence-electron chi connectivity index (χ2n) is 5.71. The van der Waals surface area contributed by atoms with Crippen LogP contribution >= 0.6 is 0 Å². The average Bonchev–Trinajstić information content (AvgIpc) is 3.00.